The molecule has 0 saturated carbocycles. The summed E-state index contributed by atoms with van der Waals surface area (Å²) in [7, 11) is 0. The summed E-state index contributed by atoms with van der Waals surface area (Å²) in [5.41, 5.74) is 10.2. The monoisotopic (exact) mass is 427 g/mol. The van der Waals surface area contributed by atoms with Crippen molar-refractivity contribution in [3.05, 3.63) is 51.5 Å². The summed E-state index contributed by atoms with van der Waals surface area (Å²) in [5, 5.41) is 4.25. The summed E-state index contributed by atoms with van der Waals surface area (Å²) in [6.07, 6.45) is 4.33. The first-order chi connectivity index (χ1) is 13.8. The van der Waals surface area contributed by atoms with E-state index in [4.69, 9.17) is 22.3 Å². The summed E-state index contributed by atoms with van der Waals surface area (Å²) in [5.74, 6) is 0.392. The van der Waals surface area contributed by atoms with Crippen LogP contribution in [0.5, 0.6) is 0 Å². The molecule has 1 aliphatic carbocycles. The number of rotatable bonds is 4. The van der Waals surface area contributed by atoms with Crippen LogP contribution in [-0.4, -0.2) is 10.9 Å². The van der Waals surface area contributed by atoms with Crippen molar-refractivity contribution in [1.82, 2.24) is 4.98 Å². The number of nitrogen functional groups attached to an aromatic ring is 1. The van der Waals surface area contributed by atoms with Gasteiger partial charge in [0, 0.05) is 11.1 Å². The van der Waals surface area contributed by atoms with Crippen molar-refractivity contribution in [1.29, 1.82) is 0 Å². The molecule has 1 amide bonds. The van der Waals surface area contributed by atoms with Crippen molar-refractivity contribution in [2.75, 3.05) is 11.1 Å². The van der Waals surface area contributed by atoms with Gasteiger partial charge in [0.2, 0.25) is 0 Å². The van der Waals surface area contributed by atoms with E-state index in [0.29, 0.717) is 32.6 Å². The molecular formula is C23H26ClN3OS. The third-order valence-electron chi connectivity index (χ3n) is 6.43. The quantitative estimate of drug-likeness (QED) is 0.511. The van der Waals surface area contributed by atoms with Crippen LogP contribution >= 0.6 is 22.9 Å². The number of pyridine rings is 1. The highest BCUT2D eigenvalue weighted by molar-refractivity contribution is 7.21. The maximum Gasteiger partial charge on any atom is 0.267 e. The average molecular weight is 428 g/mol. The van der Waals surface area contributed by atoms with E-state index in [-0.39, 0.29) is 5.91 Å². The van der Waals surface area contributed by atoms with E-state index in [2.05, 4.69) is 32.2 Å². The Balaban J connectivity index is 1.66. The van der Waals surface area contributed by atoms with Crippen molar-refractivity contribution >= 4 is 50.4 Å². The first-order valence-corrected chi connectivity index (χ1v) is 11.3. The van der Waals surface area contributed by atoms with E-state index in [1.807, 2.05) is 12.1 Å². The Labute approximate surface area is 180 Å². The van der Waals surface area contributed by atoms with Crippen LogP contribution in [0.1, 0.15) is 54.5 Å². The van der Waals surface area contributed by atoms with Crippen LogP contribution in [0.2, 0.25) is 5.02 Å². The Kier molecular flexibility index (Phi) is 5.30. The number of thiophene rings is 1. The van der Waals surface area contributed by atoms with Crippen LogP contribution in [0.3, 0.4) is 0 Å². The first-order valence-electron chi connectivity index (χ1n) is 10.1. The van der Waals surface area contributed by atoms with E-state index >= 15 is 0 Å². The molecule has 0 fully saturated rings. The second kappa shape index (κ2) is 7.62. The molecule has 0 bridgehead atoms. The molecule has 0 aliphatic heterocycles. The van der Waals surface area contributed by atoms with Crippen molar-refractivity contribution in [3.8, 4) is 0 Å². The number of para-hydroxylation sites is 1. The lowest BCUT2D eigenvalue weighted by Gasteiger charge is -2.36. The fourth-order valence-corrected chi connectivity index (χ4v) is 5.23. The van der Waals surface area contributed by atoms with Gasteiger partial charge in [0.25, 0.3) is 5.91 Å². The standard InChI is InChI=1S/C23H26ClN3OS/c1-4-23(2,3)14-9-10-17-13(11-14)12-15-19(25)20(29-22(15)27-17)21(28)26-18-8-6-5-7-16(18)24/h5-8,12,14H,4,9-11,25H2,1-3H3,(H,26,28). The number of halogens is 1. The first kappa shape index (κ1) is 20.2. The number of anilines is 2. The molecule has 3 aromatic rings. The Morgan fingerprint density at radius 1 is 1.38 bits per heavy atom. The average Bonchev–Trinajstić information content (AvgIpc) is 3.03. The minimum Gasteiger partial charge on any atom is -0.397 e. The number of aromatic nitrogens is 1. The minimum atomic E-state index is -0.249. The zero-order valence-corrected chi connectivity index (χ0v) is 18.6. The molecular weight excluding hydrogens is 402 g/mol. The number of carbonyl (C=O) groups excluding carboxylic acids is 1. The van der Waals surface area contributed by atoms with Gasteiger partial charge in [0.1, 0.15) is 9.71 Å². The minimum absolute atomic E-state index is 0.249. The lowest BCUT2D eigenvalue weighted by molar-refractivity contribution is 0.103. The lowest BCUT2D eigenvalue weighted by atomic mass is 9.69. The second-order valence-corrected chi connectivity index (χ2v) is 9.91. The van der Waals surface area contributed by atoms with E-state index in [1.54, 1.807) is 12.1 Å². The number of amides is 1. The van der Waals surface area contributed by atoms with Gasteiger partial charge in [-0.3, -0.25) is 4.79 Å². The maximum absolute atomic E-state index is 12.8. The summed E-state index contributed by atoms with van der Waals surface area (Å²) in [6, 6.07) is 9.34. The highest BCUT2D eigenvalue weighted by Gasteiger charge is 2.32. The number of nitrogens with zero attached hydrogens (tertiary/aromatic N) is 1. The molecule has 0 saturated heterocycles. The fourth-order valence-electron chi connectivity index (χ4n) is 4.06. The molecule has 2 aromatic heterocycles. The van der Waals surface area contributed by atoms with Gasteiger partial charge in [0.05, 0.1) is 16.4 Å². The summed E-state index contributed by atoms with van der Waals surface area (Å²) < 4.78 is 0. The van der Waals surface area contributed by atoms with Crippen LogP contribution in [-0.2, 0) is 12.8 Å². The third-order valence-corrected chi connectivity index (χ3v) is 7.87. The molecule has 0 spiro atoms. The molecule has 2 heterocycles. The number of carbonyl (C=O) groups is 1. The predicted octanol–water partition coefficient (Wildman–Crippen LogP) is 6.33. The zero-order valence-electron chi connectivity index (χ0n) is 17.0. The van der Waals surface area contributed by atoms with E-state index in [0.717, 1.165) is 41.6 Å². The largest absolute Gasteiger partial charge is 0.397 e. The van der Waals surface area contributed by atoms with Gasteiger partial charge in [-0.05, 0) is 54.4 Å². The van der Waals surface area contributed by atoms with Crippen molar-refractivity contribution < 1.29 is 4.79 Å². The number of aryl methyl sites for hydroxylation is 1. The van der Waals surface area contributed by atoms with Gasteiger partial charge in [-0.25, -0.2) is 4.98 Å². The van der Waals surface area contributed by atoms with Crippen LogP contribution in [0.25, 0.3) is 10.2 Å². The van der Waals surface area contributed by atoms with Crippen molar-refractivity contribution in [2.24, 2.45) is 11.3 Å². The van der Waals surface area contributed by atoms with Crippen molar-refractivity contribution in [3.63, 3.8) is 0 Å². The number of benzene rings is 1. The van der Waals surface area contributed by atoms with Gasteiger partial charge < -0.3 is 11.1 Å². The Morgan fingerprint density at radius 2 is 2.14 bits per heavy atom. The highest BCUT2D eigenvalue weighted by atomic mass is 35.5. The lowest BCUT2D eigenvalue weighted by Crippen LogP contribution is -2.29. The van der Waals surface area contributed by atoms with E-state index in [9.17, 15) is 4.79 Å². The Bertz CT molecular complexity index is 1090. The molecule has 0 radical (unpaired) electrons. The van der Waals surface area contributed by atoms with Gasteiger partial charge in [-0.1, -0.05) is 50.9 Å². The molecule has 1 aliphatic rings. The number of nitrogens with two attached hydrogens (primary N) is 1. The number of nitrogens with one attached hydrogen (secondary N) is 1. The molecule has 6 heteroatoms. The maximum atomic E-state index is 12.8. The molecule has 3 N–H and O–H groups in total. The highest BCUT2D eigenvalue weighted by Crippen LogP contribution is 2.42. The number of hydrogen-bond donors (Lipinski definition) is 2. The second-order valence-electron chi connectivity index (χ2n) is 8.51. The number of fused-ring (bicyclic) bond motifs is 2. The van der Waals surface area contributed by atoms with Crippen LogP contribution < -0.4 is 11.1 Å². The van der Waals surface area contributed by atoms with Gasteiger partial charge in [0.15, 0.2) is 0 Å². The molecule has 1 unspecified atom stereocenters. The topological polar surface area (TPSA) is 68.0 Å². The van der Waals surface area contributed by atoms with Gasteiger partial charge in [-0.15, -0.1) is 11.3 Å². The molecule has 1 atom stereocenters. The van der Waals surface area contributed by atoms with E-state index in [1.165, 1.54) is 16.9 Å². The zero-order chi connectivity index (χ0) is 20.8. The SMILES string of the molecule is CCC(C)(C)C1CCc2nc3sc(C(=O)Nc4ccccc4Cl)c(N)c3cc2C1. The summed E-state index contributed by atoms with van der Waals surface area (Å²) in [6.45, 7) is 6.97. The molecule has 4 nitrogen and oxygen atoms in total. The smallest absolute Gasteiger partial charge is 0.267 e. The van der Waals surface area contributed by atoms with Gasteiger partial charge >= 0.3 is 0 Å². The van der Waals surface area contributed by atoms with Crippen molar-refractivity contribution in [2.45, 2.75) is 46.5 Å². The third kappa shape index (κ3) is 3.74. The van der Waals surface area contributed by atoms with Gasteiger partial charge in [-0.2, -0.15) is 0 Å². The molecule has 29 heavy (non-hydrogen) atoms. The van der Waals surface area contributed by atoms with E-state index < -0.39 is 0 Å². The van der Waals surface area contributed by atoms with Crippen LogP contribution in [0.15, 0.2) is 30.3 Å². The Morgan fingerprint density at radius 3 is 2.86 bits per heavy atom. The number of hydrogen-bond acceptors (Lipinski definition) is 4. The normalized spacial score (nSPS) is 16.6. The predicted molar refractivity (Wildman–Crippen MR) is 123 cm³/mol. The summed E-state index contributed by atoms with van der Waals surface area (Å²) >= 11 is 7.52. The molecule has 152 valence electrons. The van der Waals surface area contributed by atoms with Crippen LogP contribution in [0, 0.1) is 11.3 Å². The van der Waals surface area contributed by atoms with Crippen LogP contribution in [0.4, 0.5) is 11.4 Å². The fraction of sp³-hybridized carbons (Fsp3) is 0.391. The molecule has 1 aromatic carbocycles. The Hall–Kier alpha value is -2.11. The summed E-state index contributed by atoms with van der Waals surface area (Å²) in [4.78, 5) is 19.0. The molecule has 4 rings (SSSR count).